The Morgan fingerprint density at radius 2 is 1.81 bits per heavy atom. The fourth-order valence-corrected chi connectivity index (χ4v) is 3.26. The topological polar surface area (TPSA) is 120 Å². The summed E-state index contributed by atoms with van der Waals surface area (Å²) in [6, 6.07) is 7.18. The number of rotatable bonds is 5. The number of hydroxylamine groups is 1. The molecule has 1 atom stereocenters. The van der Waals surface area contributed by atoms with Crippen molar-refractivity contribution in [3.8, 4) is 11.5 Å². The summed E-state index contributed by atoms with van der Waals surface area (Å²) in [6.07, 6.45) is -5.61. The number of phenols is 1. The van der Waals surface area contributed by atoms with E-state index in [2.05, 4.69) is 5.48 Å². The second kappa shape index (κ2) is 12.3. The van der Waals surface area contributed by atoms with Gasteiger partial charge in [0.05, 0.1) is 16.2 Å². The van der Waals surface area contributed by atoms with E-state index in [4.69, 9.17) is 26.3 Å². The molecule has 0 radical (unpaired) electrons. The number of aromatic hydroxyl groups is 1. The van der Waals surface area contributed by atoms with Crippen molar-refractivity contribution >= 4 is 29.3 Å². The molecule has 1 fully saturated rings. The van der Waals surface area contributed by atoms with Crippen molar-refractivity contribution in [1.82, 2.24) is 10.4 Å². The van der Waals surface area contributed by atoms with Crippen LogP contribution in [0.1, 0.15) is 43.1 Å². The van der Waals surface area contributed by atoms with Gasteiger partial charge in [0, 0.05) is 30.4 Å². The first-order chi connectivity index (χ1) is 17.0. The third-order valence-corrected chi connectivity index (χ3v) is 5.16. The van der Waals surface area contributed by atoms with Crippen LogP contribution in [0, 0.1) is 0 Å². The van der Waals surface area contributed by atoms with Gasteiger partial charge in [-0.1, -0.05) is 11.6 Å². The van der Waals surface area contributed by atoms with E-state index < -0.39 is 29.3 Å². The molecule has 1 aliphatic rings. The van der Waals surface area contributed by atoms with Crippen LogP contribution in [0.15, 0.2) is 36.4 Å². The molecule has 9 nitrogen and oxygen atoms in total. The summed E-state index contributed by atoms with van der Waals surface area (Å²) in [5, 5.41) is 20.2. The number of nitrogens with zero attached hydrogens (tertiary/aromatic N) is 1. The molecule has 204 valence electrons. The summed E-state index contributed by atoms with van der Waals surface area (Å²) in [5.74, 6) is -0.916. The van der Waals surface area contributed by atoms with Gasteiger partial charge in [-0.3, -0.25) is 14.9 Å². The molecule has 4 N–H and O–H groups in total. The third-order valence-electron chi connectivity index (χ3n) is 4.84. The molecule has 13 heteroatoms. The van der Waals surface area contributed by atoms with Crippen molar-refractivity contribution in [2.75, 3.05) is 25.5 Å². The fraction of sp³-hybridized carbons (Fsp3) is 0.417. The molecule has 2 aromatic rings. The van der Waals surface area contributed by atoms with Crippen LogP contribution in [0.25, 0.3) is 0 Å². The van der Waals surface area contributed by atoms with Crippen LogP contribution in [0.5, 0.6) is 11.5 Å². The van der Waals surface area contributed by atoms with Crippen molar-refractivity contribution < 1.29 is 42.5 Å². The Bertz CT molecular complexity index is 1110. The van der Waals surface area contributed by atoms with Gasteiger partial charge in [0.25, 0.3) is 5.91 Å². The van der Waals surface area contributed by atoms with E-state index in [1.54, 1.807) is 0 Å². The van der Waals surface area contributed by atoms with E-state index in [0.29, 0.717) is 13.0 Å². The highest BCUT2D eigenvalue weighted by atomic mass is 35.5. The first-order valence-corrected chi connectivity index (χ1v) is 11.5. The highest BCUT2D eigenvalue weighted by Crippen LogP contribution is 2.38. The lowest BCUT2D eigenvalue weighted by molar-refractivity contribution is -0.139. The molecule has 2 amide bonds. The number of alkyl halides is 3. The lowest BCUT2D eigenvalue weighted by Crippen LogP contribution is -2.33. The Morgan fingerprint density at radius 1 is 1.14 bits per heavy atom. The monoisotopic (exact) mass is 547 g/mol. The number of phenolic OH excluding ortho intramolecular Hbond substituents is 1. The van der Waals surface area contributed by atoms with Crippen molar-refractivity contribution in [1.29, 1.82) is 0 Å². The number of ether oxygens (including phenoxy) is 1. The van der Waals surface area contributed by atoms with E-state index in [0.717, 1.165) is 24.7 Å². The average Bonchev–Trinajstić information content (AvgIpc) is 3.17. The van der Waals surface area contributed by atoms with E-state index in [1.165, 1.54) is 18.2 Å². The minimum atomic E-state index is -4.55. The van der Waals surface area contributed by atoms with Crippen molar-refractivity contribution in [3.05, 3.63) is 52.5 Å². The SMILES string of the molecule is CC(C)(C)ONC(=O)c1ccc(Cl)c(O)c1.CN1CCC(Oc2cc(NC(=O)O)ccc2C(F)(F)F)C1. The van der Waals surface area contributed by atoms with Crippen LogP contribution < -0.4 is 15.5 Å². The number of likely N-dealkylation sites (tertiary alicyclic amines) is 1. The third kappa shape index (κ3) is 9.98. The molecule has 0 aliphatic carbocycles. The van der Waals surface area contributed by atoms with E-state index in [9.17, 15) is 27.9 Å². The number of halogens is 4. The van der Waals surface area contributed by atoms with E-state index in [-0.39, 0.29) is 33.9 Å². The van der Waals surface area contributed by atoms with Crippen LogP contribution in [-0.4, -0.2) is 59.0 Å². The van der Waals surface area contributed by atoms with Crippen molar-refractivity contribution in [2.24, 2.45) is 0 Å². The molecule has 1 heterocycles. The van der Waals surface area contributed by atoms with Gasteiger partial charge in [0.2, 0.25) is 0 Å². The van der Waals surface area contributed by atoms with Gasteiger partial charge in [-0.15, -0.1) is 0 Å². The maximum absolute atomic E-state index is 13.0. The summed E-state index contributed by atoms with van der Waals surface area (Å²) < 4.78 is 44.3. The zero-order valence-electron chi connectivity index (χ0n) is 20.6. The molecular weight excluding hydrogens is 519 g/mol. The number of hydrogen-bond donors (Lipinski definition) is 4. The maximum Gasteiger partial charge on any atom is 0.419 e. The molecule has 1 aliphatic heterocycles. The summed E-state index contributed by atoms with van der Waals surface area (Å²) in [7, 11) is 1.86. The van der Waals surface area contributed by atoms with Gasteiger partial charge in [-0.25, -0.2) is 10.3 Å². The van der Waals surface area contributed by atoms with Gasteiger partial charge in [0.1, 0.15) is 17.6 Å². The molecule has 3 rings (SSSR count). The quantitative estimate of drug-likeness (QED) is 0.371. The zero-order chi connectivity index (χ0) is 28.0. The summed E-state index contributed by atoms with van der Waals surface area (Å²) in [5.41, 5.74) is 1.24. The standard InChI is InChI=1S/C13H15F3N2O3.C11H14ClNO3/c1-18-5-4-9(7-18)21-11-6-8(17-12(19)20)2-3-10(11)13(14,15)16;1-11(2,3)16-13-10(15)7-4-5-8(12)9(14)6-7/h2-3,6,9,17H,4-5,7H2,1H3,(H,19,20);4-6,14H,1-3H3,(H,13,15). The highest BCUT2D eigenvalue weighted by molar-refractivity contribution is 6.32. The average molecular weight is 548 g/mol. The Balaban J connectivity index is 0.000000271. The van der Waals surface area contributed by atoms with E-state index >= 15 is 0 Å². The Hall–Kier alpha value is -3.22. The summed E-state index contributed by atoms with van der Waals surface area (Å²) in [4.78, 5) is 29.2. The van der Waals surface area contributed by atoms with Crippen LogP contribution in [0.3, 0.4) is 0 Å². The van der Waals surface area contributed by atoms with Crippen LogP contribution in [0.2, 0.25) is 5.02 Å². The molecule has 37 heavy (non-hydrogen) atoms. The molecule has 0 bridgehead atoms. The summed E-state index contributed by atoms with van der Waals surface area (Å²) >= 11 is 5.62. The van der Waals surface area contributed by atoms with Crippen LogP contribution in [0.4, 0.5) is 23.7 Å². The number of benzene rings is 2. The highest BCUT2D eigenvalue weighted by Gasteiger charge is 2.35. The molecular formula is C24H29ClF3N3O6. The van der Waals surface area contributed by atoms with E-state index in [1.807, 2.05) is 38.0 Å². The molecule has 1 saturated heterocycles. The normalized spacial score (nSPS) is 15.9. The molecule has 0 aromatic heterocycles. The lowest BCUT2D eigenvalue weighted by atomic mass is 10.1. The molecule has 1 unspecified atom stereocenters. The largest absolute Gasteiger partial charge is 0.506 e. The number of carbonyl (C=O) groups is 2. The Labute approximate surface area is 217 Å². The predicted molar refractivity (Wildman–Crippen MR) is 131 cm³/mol. The Morgan fingerprint density at radius 3 is 2.32 bits per heavy atom. The number of likely N-dealkylation sites (N-methyl/N-ethyl adjacent to an activating group) is 1. The van der Waals surface area contributed by atoms with Gasteiger partial charge in [-0.2, -0.15) is 13.2 Å². The van der Waals surface area contributed by atoms with Gasteiger partial charge in [-0.05, 0) is 64.6 Å². The zero-order valence-corrected chi connectivity index (χ0v) is 21.4. The Kier molecular flexibility index (Phi) is 10.0. The van der Waals surface area contributed by atoms with Gasteiger partial charge in [0.15, 0.2) is 0 Å². The number of hydrogen-bond acceptors (Lipinski definition) is 6. The van der Waals surface area contributed by atoms with Crippen molar-refractivity contribution in [2.45, 2.75) is 45.1 Å². The van der Waals surface area contributed by atoms with Gasteiger partial charge >= 0.3 is 12.3 Å². The predicted octanol–water partition coefficient (Wildman–Crippen LogP) is 5.38. The second-order valence-electron chi connectivity index (χ2n) is 9.24. The second-order valence-corrected chi connectivity index (χ2v) is 9.65. The molecule has 0 spiro atoms. The number of anilines is 1. The number of carboxylic acid groups (broad SMARTS) is 1. The molecule has 2 aromatic carbocycles. The van der Waals surface area contributed by atoms with Crippen LogP contribution >= 0.6 is 11.6 Å². The van der Waals surface area contributed by atoms with Gasteiger partial charge < -0.3 is 19.8 Å². The smallest absolute Gasteiger partial charge is 0.419 e. The van der Waals surface area contributed by atoms with Crippen molar-refractivity contribution in [3.63, 3.8) is 0 Å². The van der Waals surface area contributed by atoms with Crippen LogP contribution in [-0.2, 0) is 11.0 Å². The summed E-state index contributed by atoms with van der Waals surface area (Å²) in [6.45, 7) is 6.72. The number of carbonyl (C=O) groups excluding carboxylic acids is 1. The molecule has 0 saturated carbocycles. The lowest BCUT2D eigenvalue weighted by Gasteiger charge is -2.19. The minimum absolute atomic E-state index is 0.0388. The first kappa shape index (κ1) is 30.0. The minimum Gasteiger partial charge on any atom is -0.506 e. The maximum atomic E-state index is 13.0. The number of amides is 2. The number of nitrogens with one attached hydrogen (secondary N) is 2. The fourth-order valence-electron chi connectivity index (χ4n) is 3.14. The first-order valence-electron chi connectivity index (χ1n) is 11.1.